The van der Waals surface area contributed by atoms with Gasteiger partial charge in [-0.1, -0.05) is 23.7 Å². The van der Waals surface area contributed by atoms with Crippen LogP contribution in [0.3, 0.4) is 0 Å². The number of hydrogen-bond acceptors (Lipinski definition) is 2. The van der Waals surface area contributed by atoms with Crippen LogP contribution in [0.1, 0.15) is 5.56 Å². The van der Waals surface area contributed by atoms with Crippen LogP contribution in [0.5, 0.6) is 0 Å². The Kier molecular flexibility index (Phi) is 3.92. The maximum atomic E-state index is 11.9. The van der Waals surface area contributed by atoms with Gasteiger partial charge in [-0.25, -0.2) is 4.79 Å². The van der Waals surface area contributed by atoms with E-state index >= 15 is 0 Å². The second-order valence-electron chi connectivity index (χ2n) is 4.12. The van der Waals surface area contributed by atoms with Crippen LogP contribution in [0, 0.1) is 6.92 Å². The number of nitrogen functional groups attached to an aromatic ring is 1. The molecule has 0 aliphatic heterocycles. The number of halogens is 1. The van der Waals surface area contributed by atoms with E-state index in [0.29, 0.717) is 22.1 Å². The summed E-state index contributed by atoms with van der Waals surface area (Å²) in [5, 5.41) is 6.06. The van der Waals surface area contributed by atoms with Crippen molar-refractivity contribution >= 4 is 34.7 Å². The number of amides is 2. The van der Waals surface area contributed by atoms with E-state index in [0.717, 1.165) is 5.56 Å². The predicted molar refractivity (Wildman–Crippen MR) is 79.7 cm³/mol. The van der Waals surface area contributed by atoms with Crippen LogP contribution in [-0.4, -0.2) is 6.03 Å². The second kappa shape index (κ2) is 5.63. The molecule has 0 aromatic heterocycles. The Bertz CT molecular complexity index is 613. The molecule has 0 radical (unpaired) electrons. The summed E-state index contributed by atoms with van der Waals surface area (Å²) in [6, 6.07) is 12.0. The van der Waals surface area contributed by atoms with Crippen molar-refractivity contribution in [3.05, 3.63) is 53.1 Å². The summed E-state index contributed by atoms with van der Waals surface area (Å²) < 4.78 is 0. The van der Waals surface area contributed by atoms with Crippen LogP contribution < -0.4 is 16.4 Å². The molecule has 0 fully saturated rings. The Hall–Kier alpha value is -2.20. The largest absolute Gasteiger partial charge is 0.399 e. The third kappa shape index (κ3) is 3.39. The van der Waals surface area contributed by atoms with Gasteiger partial charge in [0.25, 0.3) is 0 Å². The second-order valence-corrected chi connectivity index (χ2v) is 4.52. The predicted octanol–water partition coefficient (Wildman–Crippen LogP) is 3.87. The Balaban J connectivity index is 2.08. The normalized spacial score (nSPS) is 10.0. The minimum Gasteiger partial charge on any atom is -0.399 e. The number of anilines is 3. The van der Waals surface area contributed by atoms with Gasteiger partial charge in [-0.3, -0.25) is 0 Å². The van der Waals surface area contributed by atoms with Crippen LogP contribution in [0.25, 0.3) is 0 Å². The Labute approximate surface area is 116 Å². The molecule has 98 valence electrons. The van der Waals surface area contributed by atoms with E-state index in [9.17, 15) is 4.79 Å². The average Bonchev–Trinajstić information content (AvgIpc) is 2.35. The molecule has 0 heterocycles. The summed E-state index contributed by atoms with van der Waals surface area (Å²) in [5.41, 5.74) is 8.37. The Morgan fingerprint density at radius 1 is 1.16 bits per heavy atom. The minimum atomic E-state index is -0.337. The van der Waals surface area contributed by atoms with Gasteiger partial charge in [-0.05, 0) is 42.8 Å². The average molecular weight is 276 g/mol. The van der Waals surface area contributed by atoms with Gasteiger partial charge in [0, 0.05) is 22.1 Å². The molecule has 0 spiro atoms. The quantitative estimate of drug-likeness (QED) is 0.728. The van der Waals surface area contributed by atoms with Crippen LogP contribution in [-0.2, 0) is 0 Å². The number of carbonyl (C=O) groups excluding carboxylic acids is 1. The highest BCUT2D eigenvalue weighted by Gasteiger charge is 2.06. The van der Waals surface area contributed by atoms with Gasteiger partial charge in [0.1, 0.15) is 0 Å². The van der Waals surface area contributed by atoms with Crippen molar-refractivity contribution in [3.63, 3.8) is 0 Å². The van der Waals surface area contributed by atoms with Crippen LogP contribution in [0.4, 0.5) is 21.9 Å². The highest BCUT2D eigenvalue weighted by Crippen LogP contribution is 2.23. The van der Waals surface area contributed by atoms with E-state index in [4.69, 9.17) is 17.3 Å². The highest BCUT2D eigenvalue weighted by molar-refractivity contribution is 6.31. The zero-order chi connectivity index (χ0) is 13.8. The molecule has 2 amide bonds. The van der Waals surface area contributed by atoms with Crippen molar-refractivity contribution in [3.8, 4) is 0 Å². The first-order chi connectivity index (χ1) is 9.06. The van der Waals surface area contributed by atoms with Crippen molar-refractivity contribution in [2.24, 2.45) is 0 Å². The first-order valence-corrected chi connectivity index (χ1v) is 6.13. The van der Waals surface area contributed by atoms with Gasteiger partial charge >= 0.3 is 6.03 Å². The molecule has 0 saturated heterocycles. The van der Waals surface area contributed by atoms with E-state index in [2.05, 4.69) is 10.6 Å². The standard InChI is InChI=1S/C14H14ClN3O/c1-9-12(15)6-3-7-13(9)18-14(19)17-11-5-2-4-10(16)8-11/h2-8H,16H2,1H3,(H2,17,18,19). The molecule has 4 nitrogen and oxygen atoms in total. The van der Waals surface area contributed by atoms with Crippen LogP contribution in [0.2, 0.25) is 5.02 Å². The molecular formula is C14H14ClN3O. The fourth-order valence-electron chi connectivity index (χ4n) is 1.64. The molecule has 4 N–H and O–H groups in total. The fraction of sp³-hybridized carbons (Fsp3) is 0.0714. The molecule has 0 aliphatic rings. The van der Waals surface area contributed by atoms with Gasteiger partial charge in [-0.15, -0.1) is 0 Å². The first-order valence-electron chi connectivity index (χ1n) is 5.75. The zero-order valence-electron chi connectivity index (χ0n) is 10.4. The van der Waals surface area contributed by atoms with E-state index in [-0.39, 0.29) is 6.03 Å². The lowest BCUT2D eigenvalue weighted by molar-refractivity contribution is 0.262. The minimum absolute atomic E-state index is 0.337. The van der Waals surface area contributed by atoms with Crippen molar-refractivity contribution in [1.29, 1.82) is 0 Å². The molecule has 0 bridgehead atoms. The summed E-state index contributed by atoms with van der Waals surface area (Å²) in [4.78, 5) is 11.9. The first kappa shape index (κ1) is 13.2. The number of urea groups is 1. The van der Waals surface area contributed by atoms with Crippen molar-refractivity contribution in [1.82, 2.24) is 0 Å². The van der Waals surface area contributed by atoms with Gasteiger partial charge in [0.05, 0.1) is 0 Å². The summed E-state index contributed by atoms with van der Waals surface area (Å²) >= 11 is 5.99. The van der Waals surface area contributed by atoms with Gasteiger partial charge < -0.3 is 16.4 Å². The molecule has 5 heteroatoms. The summed E-state index contributed by atoms with van der Waals surface area (Å²) in [6.45, 7) is 1.85. The molecule has 0 aliphatic carbocycles. The van der Waals surface area contributed by atoms with Crippen LogP contribution in [0.15, 0.2) is 42.5 Å². The molecule has 2 rings (SSSR count). The lowest BCUT2D eigenvalue weighted by Crippen LogP contribution is -2.20. The molecular weight excluding hydrogens is 262 g/mol. The molecule has 0 atom stereocenters. The number of rotatable bonds is 2. The van der Waals surface area contributed by atoms with E-state index in [1.54, 1.807) is 42.5 Å². The number of benzene rings is 2. The lowest BCUT2D eigenvalue weighted by atomic mass is 10.2. The van der Waals surface area contributed by atoms with Crippen molar-refractivity contribution in [2.45, 2.75) is 6.92 Å². The summed E-state index contributed by atoms with van der Waals surface area (Å²) in [5.74, 6) is 0. The SMILES string of the molecule is Cc1c(Cl)cccc1NC(=O)Nc1cccc(N)c1. The van der Waals surface area contributed by atoms with Crippen molar-refractivity contribution in [2.75, 3.05) is 16.4 Å². The number of carbonyl (C=O) groups is 1. The summed E-state index contributed by atoms with van der Waals surface area (Å²) in [7, 11) is 0. The van der Waals surface area contributed by atoms with E-state index in [1.165, 1.54) is 0 Å². The van der Waals surface area contributed by atoms with Gasteiger partial charge in [0.2, 0.25) is 0 Å². The highest BCUT2D eigenvalue weighted by atomic mass is 35.5. The number of hydrogen-bond donors (Lipinski definition) is 3. The third-order valence-electron chi connectivity index (χ3n) is 2.66. The van der Waals surface area contributed by atoms with E-state index < -0.39 is 0 Å². The molecule has 2 aromatic rings. The monoisotopic (exact) mass is 275 g/mol. The van der Waals surface area contributed by atoms with Crippen LogP contribution >= 0.6 is 11.6 Å². The number of nitrogens with two attached hydrogens (primary N) is 1. The smallest absolute Gasteiger partial charge is 0.323 e. The summed E-state index contributed by atoms with van der Waals surface area (Å²) in [6.07, 6.45) is 0. The molecule has 0 saturated carbocycles. The van der Waals surface area contributed by atoms with E-state index in [1.807, 2.05) is 6.92 Å². The molecule has 19 heavy (non-hydrogen) atoms. The topological polar surface area (TPSA) is 67.2 Å². The number of nitrogens with one attached hydrogen (secondary N) is 2. The Morgan fingerprint density at radius 2 is 1.89 bits per heavy atom. The maximum absolute atomic E-state index is 11.9. The zero-order valence-corrected chi connectivity index (χ0v) is 11.2. The van der Waals surface area contributed by atoms with Gasteiger partial charge in [0.15, 0.2) is 0 Å². The fourth-order valence-corrected chi connectivity index (χ4v) is 1.82. The lowest BCUT2D eigenvalue weighted by Gasteiger charge is -2.11. The van der Waals surface area contributed by atoms with Gasteiger partial charge in [-0.2, -0.15) is 0 Å². The molecule has 2 aromatic carbocycles. The maximum Gasteiger partial charge on any atom is 0.323 e. The molecule has 0 unspecified atom stereocenters. The van der Waals surface area contributed by atoms with Crippen molar-refractivity contribution < 1.29 is 4.79 Å². The third-order valence-corrected chi connectivity index (χ3v) is 3.07. The Morgan fingerprint density at radius 3 is 2.63 bits per heavy atom.